The standard InChI is InChI=1S/C24H24N6O2/c1-13(21-20(18-12-25-9-10-26-18)23(32-30-21)16-5-6-16)11-17-7-8-27-24(28-17)19-14(2)29-31-22(19)15-3-4-15/h7-10,12-13,15-16H,3-6,11H2,1-2H3. The van der Waals surface area contributed by atoms with Crippen molar-refractivity contribution < 1.29 is 9.05 Å². The van der Waals surface area contributed by atoms with E-state index in [2.05, 4.69) is 32.2 Å². The van der Waals surface area contributed by atoms with Gasteiger partial charge in [0.05, 0.1) is 34.4 Å². The number of rotatable bonds is 7. The van der Waals surface area contributed by atoms with Crippen molar-refractivity contribution in [2.45, 2.75) is 63.7 Å². The fourth-order valence-corrected chi connectivity index (χ4v) is 4.29. The molecule has 4 heterocycles. The Morgan fingerprint density at radius 1 is 0.938 bits per heavy atom. The van der Waals surface area contributed by atoms with E-state index in [-0.39, 0.29) is 5.92 Å². The van der Waals surface area contributed by atoms with Crippen LogP contribution < -0.4 is 0 Å². The van der Waals surface area contributed by atoms with Crippen LogP contribution in [0.4, 0.5) is 0 Å². The van der Waals surface area contributed by atoms with Crippen molar-refractivity contribution in [3.05, 3.63) is 59.5 Å². The molecule has 6 rings (SSSR count). The van der Waals surface area contributed by atoms with Crippen molar-refractivity contribution in [1.29, 1.82) is 0 Å². The molecule has 0 saturated heterocycles. The van der Waals surface area contributed by atoms with Crippen molar-refractivity contribution in [2.75, 3.05) is 0 Å². The zero-order chi connectivity index (χ0) is 21.7. The number of hydrogen-bond donors (Lipinski definition) is 0. The Bertz CT molecular complexity index is 1260. The summed E-state index contributed by atoms with van der Waals surface area (Å²) in [5.41, 5.74) is 5.45. The fraction of sp³-hybridized carbons (Fsp3) is 0.417. The molecular formula is C24H24N6O2. The van der Waals surface area contributed by atoms with Crippen LogP contribution in [-0.4, -0.2) is 30.2 Å². The molecule has 8 heteroatoms. The van der Waals surface area contributed by atoms with Crippen molar-refractivity contribution >= 4 is 0 Å². The SMILES string of the molecule is Cc1noc(C2CC2)c1-c1nccc(CC(C)c2noc(C3CC3)c2-c2cnccn2)n1. The predicted octanol–water partition coefficient (Wildman–Crippen LogP) is 4.99. The third kappa shape index (κ3) is 3.49. The van der Waals surface area contributed by atoms with Crippen molar-refractivity contribution in [3.63, 3.8) is 0 Å². The molecule has 32 heavy (non-hydrogen) atoms. The first kappa shape index (κ1) is 19.3. The van der Waals surface area contributed by atoms with Gasteiger partial charge in [-0.25, -0.2) is 9.97 Å². The first-order valence-corrected chi connectivity index (χ1v) is 11.2. The first-order valence-electron chi connectivity index (χ1n) is 11.2. The lowest BCUT2D eigenvalue weighted by Gasteiger charge is -2.11. The van der Waals surface area contributed by atoms with Gasteiger partial charge in [-0.2, -0.15) is 0 Å². The average molecular weight is 428 g/mol. The maximum absolute atomic E-state index is 5.81. The quantitative estimate of drug-likeness (QED) is 0.406. The van der Waals surface area contributed by atoms with Gasteiger partial charge in [0, 0.05) is 42.0 Å². The molecule has 0 aromatic carbocycles. The molecule has 0 N–H and O–H groups in total. The van der Waals surface area contributed by atoms with E-state index in [9.17, 15) is 0 Å². The van der Waals surface area contributed by atoms with Gasteiger partial charge in [0.15, 0.2) is 11.6 Å². The van der Waals surface area contributed by atoms with Gasteiger partial charge in [-0.3, -0.25) is 9.97 Å². The highest BCUT2D eigenvalue weighted by molar-refractivity contribution is 5.65. The summed E-state index contributed by atoms with van der Waals surface area (Å²) in [4.78, 5) is 18.2. The normalized spacial score (nSPS) is 16.9. The van der Waals surface area contributed by atoms with Crippen molar-refractivity contribution in [3.8, 4) is 22.6 Å². The van der Waals surface area contributed by atoms with Crippen LogP contribution in [-0.2, 0) is 6.42 Å². The van der Waals surface area contributed by atoms with Crippen LogP contribution in [0.1, 0.15) is 79.0 Å². The highest BCUT2D eigenvalue weighted by atomic mass is 16.5. The Morgan fingerprint density at radius 3 is 2.41 bits per heavy atom. The van der Waals surface area contributed by atoms with Crippen LogP contribution >= 0.6 is 0 Å². The molecule has 8 nitrogen and oxygen atoms in total. The van der Waals surface area contributed by atoms with Crippen LogP contribution in [0.3, 0.4) is 0 Å². The second kappa shape index (κ2) is 7.62. The van der Waals surface area contributed by atoms with Gasteiger partial charge in [-0.15, -0.1) is 0 Å². The summed E-state index contributed by atoms with van der Waals surface area (Å²) >= 11 is 0. The molecule has 0 amide bonds. The molecule has 0 radical (unpaired) electrons. The van der Waals surface area contributed by atoms with Crippen LogP contribution in [0.15, 0.2) is 39.9 Å². The Hall–Kier alpha value is -3.42. The van der Waals surface area contributed by atoms with E-state index in [1.54, 1.807) is 18.6 Å². The summed E-state index contributed by atoms with van der Waals surface area (Å²) in [7, 11) is 0. The largest absolute Gasteiger partial charge is 0.360 e. The highest BCUT2D eigenvalue weighted by Crippen LogP contribution is 2.47. The van der Waals surface area contributed by atoms with Gasteiger partial charge in [0.1, 0.15) is 5.76 Å². The summed E-state index contributed by atoms with van der Waals surface area (Å²) in [5, 5.41) is 8.64. The Kier molecular flexibility index (Phi) is 4.59. The van der Waals surface area contributed by atoms with E-state index in [0.29, 0.717) is 24.1 Å². The molecule has 0 spiro atoms. The second-order valence-corrected chi connectivity index (χ2v) is 8.93. The minimum Gasteiger partial charge on any atom is -0.360 e. The Labute approximate surface area is 185 Å². The van der Waals surface area contributed by atoms with E-state index in [0.717, 1.165) is 71.1 Å². The summed E-state index contributed by atoms with van der Waals surface area (Å²) in [5.74, 6) is 3.51. The molecule has 2 aliphatic rings. The molecule has 2 fully saturated rings. The highest BCUT2D eigenvalue weighted by Gasteiger charge is 2.35. The lowest BCUT2D eigenvalue weighted by molar-refractivity contribution is 0.374. The number of nitrogens with zero attached hydrogens (tertiary/aromatic N) is 6. The monoisotopic (exact) mass is 428 g/mol. The van der Waals surface area contributed by atoms with E-state index in [1.165, 1.54) is 0 Å². The average Bonchev–Trinajstić information content (AvgIpc) is 3.75. The third-order valence-electron chi connectivity index (χ3n) is 6.27. The molecule has 2 saturated carbocycles. The third-order valence-corrected chi connectivity index (χ3v) is 6.27. The minimum atomic E-state index is 0.0949. The molecule has 4 aromatic rings. The van der Waals surface area contributed by atoms with E-state index < -0.39 is 0 Å². The Morgan fingerprint density at radius 2 is 1.69 bits per heavy atom. The zero-order valence-electron chi connectivity index (χ0n) is 18.2. The zero-order valence-corrected chi connectivity index (χ0v) is 18.2. The van der Waals surface area contributed by atoms with Crippen LogP contribution in [0, 0.1) is 6.92 Å². The minimum absolute atomic E-state index is 0.0949. The summed E-state index contributed by atoms with van der Waals surface area (Å²) in [6.45, 7) is 4.10. The molecule has 0 bridgehead atoms. The second-order valence-electron chi connectivity index (χ2n) is 8.93. The van der Waals surface area contributed by atoms with Gasteiger partial charge >= 0.3 is 0 Å². The summed E-state index contributed by atoms with van der Waals surface area (Å²) in [6, 6.07) is 1.96. The predicted molar refractivity (Wildman–Crippen MR) is 116 cm³/mol. The van der Waals surface area contributed by atoms with Crippen LogP contribution in [0.25, 0.3) is 22.6 Å². The van der Waals surface area contributed by atoms with E-state index in [4.69, 9.17) is 14.0 Å². The van der Waals surface area contributed by atoms with Gasteiger partial charge in [-0.1, -0.05) is 17.2 Å². The van der Waals surface area contributed by atoms with Crippen LogP contribution in [0.2, 0.25) is 0 Å². The van der Waals surface area contributed by atoms with Crippen molar-refractivity contribution in [1.82, 2.24) is 30.2 Å². The first-order chi connectivity index (χ1) is 15.7. The summed E-state index contributed by atoms with van der Waals surface area (Å²) < 4.78 is 11.4. The molecule has 1 unspecified atom stereocenters. The van der Waals surface area contributed by atoms with Gasteiger partial charge < -0.3 is 9.05 Å². The molecule has 4 aromatic heterocycles. The number of hydrogen-bond acceptors (Lipinski definition) is 8. The lowest BCUT2D eigenvalue weighted by Crippen LogP contribution is -2.05. The Balaban J connectivity index is 1.32. The van der Waals surface area contributed by atoms with Gasteiger partial charge in [-0.05, 0) is 45.1 Å². The molecular weight excluding hydrogens is 404 g/mol. The topological polar surface area (TPSA) is 104 Å². The maximum atomic E-state index is 5.81. The van der Waals surface area contributed by atoms with Crippen LogP contribution in [0.5, 0.6) is 0 Å². The van der Waals surface area contributed by atoms with Gasteiger partial charge in [0.25, 0.3) is 0 Å². The smallest absolute Gasteiger partial charge is 0.164 e. The van der Waals surface area contributed by atoms with Gasteiger partial charge in [0.2, 0.25) is 0 Å². The maximum Gasteiger partial charge on any atom is 0.164 e. The molecule has 162 valence electrons. The number of aromatic nitrogens is 6. The molecule has 2 aliphatic carbocycles. The lowest BCUT2D eigenvalue weighted by atomic mass is 9.95. The molecule has 0 aliphatic heterocycles. The van der Waals surface area contributed by atoms with Crippen molar-refractivity contribution in [2.24, 2.45) is 0 Å². The summed E-state index contributed by atoms with van der Waals surface area (Å²) in [6.07, 6.45) is 12.2. The number of aryl methyl sites for hydroxylation is 1. The van der Waals surface area contributed by atoms with E-state index in [1.807, 2.05) is 19.2 Å². The van der Waals surface area contributed by atoms with E-state index >= 15 is 0 Å². The fourth-order valence-electron chi connectivity index (χ4n) is 4.29. The molecule has 1 atom stereocenters.